The van der Waals surface area contributed by atoms with E-state index in [9.17, 15) is 9.59 Å². The number of likely N-dealkylation sites (N-methyl/N-ethyl adjacent to an activating group) is 1. The molecule has 0 radical (unpaired) electrons. The van der Waals surface area contributed by atoms with Gasteiger partial charge in [-0.05, 0) is 30.7 Å². The summed E-state index contributed by atoms with van der Waals surface area (Å²) in [5, 5.41) is 9.16. The molecule has 0 fully saturated rings. The minimum atomic E-state index is -1.02. The molecule has 2 aromatic rings. The molecule has 0 aliphatic heterocycles. The lowest BCUT2D eigenvalue weighted by atomic mass is 10.0. The Kier molecular flexibility index (Phi) is 4.66. The standard InChI is InChI=1S/C16H16N2O3/c1-2-18(13-7-9-17-10-8-13)15(19)11-12-5-3-4-6-14(12)16(20)21/h3-10H,2,11H2,1H3,(H,20,21). The van der Waals surface area contributed by atoms with Crippen LogP contribution < -0.4 is 4.90 Å². The highest BCUT2D eigenvalue weighted by Crippen LogP contribution is 2.16. The van der Waals surface area contributed by atoms with Gasteiger partial charge in [-0.15, -0.1) is 0 Å². The summed E-state index contributed by atoms with van der Waals surface area (Å²) >= 11 is 0. The van der Waals surface area contributed by atoms with E-state index in [1.807, 2.05) is 6.92 Å². The maximum absolute atomic E-state index is 12.4. The summed E-state index contributed by atoms with van der Waals surface area (Å²) in [4.78, 5) is 29.1. The average Bonchev–Trinajstić information content (AvgIpc) is 2.49. The molecule has 1 N–H and O–H groups in total. The van der Waals surface area contributed by atoms with Crippen LogP contribution in [-0.2, 0) is 11.2 Å². The molecule has 0 atom stereocenters. The Balaban J connectivity index is 2.23. The lowest BCUT2D eigenvalue weighted by Crippen LogP contribution is -2.32. The van der Waals surface area contributed by atoms with E-state index >= 15 is 0 Å². The topological polar surface area (TPSA) is 70.5 Å². The maximum atomic E-state index is 12.4. The fraction of sp³-hybridized carbons (Fsp3) is 0.188. The highest BCUT2D eigenvalue weighted by Gasteiger charge is 2.17. The van der Waals surface area contributed by atoms with Gasteiger partial charge >= 0.3 is 5.97 Å². The van der Waals surface area contributed by atoms with Crippen LogP contribution in [-0.4, -0.2) is 28.5 Å². The Hall–Kier alpha value is -2.69. The number of aromatic carboxylic acids is 1. The van der Waals surface area contributed by atoms with Crippen LogP contribution in [0.1, 0.15) is 22.8 Å². The number of carbonyl (C=O) groups excluding carboxylic acids is 1. The van der Waals surface area contributed by atoms with E-state index in [1.165, 1.54) is 6.07 Å². The monoisotopic (exact) mass is 284 g/mol. The van der Waals surface area contributed by atoms with Gasteiger partial charge in [0.25, 0.3) is 0 Å². The number of hydrogen-bond acceptors (Lipinski definition) is 3. The first-order chi connectivity index (χ1) is 10.1. The van der Waals surface area contributed by atoms with E-state index in [4.69, 9.17) is 5.11 Å². The van der Waals surface area contributed by atoms with Gasteiger partial charge in [0, 0.05) is 24.6 Å². The van der Waals surface area contributed by atoms with Crippen molar-refractivity contribution in [3.8, 4) is 0 Å². The summed E-state index contributed by atoms with van der Waals surface area (Å²) in [6.45, 7) is 2.39. The van der Waals surface area contributed by atoms with Gasteiger partial charge in [-0.1, -0.05) is 18.2 Å². The number of aromatic nitrogens is 1. The minimum Gasteiger partial charge on any atom is -0.478 e. The lowest BCUT2D eigenvalue weighted by molar-refractivity contribution is -0.117. The van der Waals surface area contributed by atoms with Gasteiger partial charge in [-0.2, -0.15) is 0 Å². The van der Waals surface area contributed by atoms with Crippen LogP contribution in [0.25, 0.3) is 0 Å². The molecule has 21 heavy (non-hydrogen) atoms. The summed E-state index contributed by atoms with van der Waals surface area (Å²) in [6.07, 6.45) is 3.30. The Morgan fingerprint density at radius 3 is 2.43 bits per heavy atom. The van der Waals surface area contributed by atoms with Crippen molar-refractivity contribution < 1.29 is 14.7 Å². The van der Waals surface area contributed by atoms with Crippen molar-refractivity contribution in [2.45, 2.75) is 13.3 Å². The third-order valence-corrected chi connectivity index (χ3v) is 3.18. The molecule has 2 rings (SSSR count). The summed E-state index contributed by atoms with van der Waals surface area (Å²) in [5.41, 5.74) is 1.43. The number of pyridine rings is 1. The van der Waals surface area contributed by atoms with Crippen molar-refractivity contribution in [3.05, 3.63) is 59.9 Å². The van der Waals surface area contributed by atoms with Gasteiger partial charge in [0.2, 0.25) is 5.91 Å². The molecule has 108 valence electrons. The predicted octanol–water partition coefficient (Wildman–Crippen LogP) is 2.38. The third-order valence-electron chi connectivity index (χ3n) is 3.18. The van der Waals surface area contributed by atoms with E-state index < -0.39 is 5.97 Å². The number of anilines is 1. The van der Waals surface area contributed by atoms with Gasteiger partial charge in [0.15, 0.2) is 0 Å². The number of rotatable bonds is 5. The summed E-state index contributed by atoms with van der Waals surface area (Å²) in [7, 11) is 0. The van der Waals surface area contributed by atoms with E-state index in [2.05, 4.69) is 4.98 Å². The van der Waals surface area contributed by atoms with Gasteiger partial charge < -0.3 is 10.0 Å². The number of nitrogens with zero attached hydrogens (tertiary/aromatic N) is 2. The SMILES string of the molecule is CCN(C(=O)Cc1ccccc1C(=O)O)c1ccncc1. The van der Waals surface area contributed by atoms with E-state index in [0.29, 0.717) is 12.1 Å². The normalized spacial score (nSPS) is 10.1. The van der Waals surface area contributed by atoms with Crippen LogP contribution in [0, 0.1) is 0 Å². The fourth-order valence-electron chi connectivity index (χ4n) is 2.17. The van der Waals surface area contributed by atoms with Crippen LogP contribution in [0.4, 0.5) is 5.69 Å². The Labute approximate surface area is 122 Å². The summed E-state index contributed by atoms with van der Waals surface area (Å²) in [5.74, 6) is -1.16. The second-order valence-electron chi connectivity index (χ2n) is 4.48. The smallest absolute Gasteiger partial charge is 0.335 e. The van der Waals surface area contributed by atoms with E-state index in [-0.39, 0.29) is 17.9 Å². The highest BCUT2D eigenvalue weighted by atomic mass is 16.4. The van der Waals surface area contributed by atoms with Gasteiger partial charge in [-0.3, -0.25) is 9.78 Å². The number of benzene rings is 1. The van der Waals surface area contributed by atoms with Gasteiger partial charge in [0.1, 0.15) is 0 Å². The molecular formula is C16H16N2O3. The largest absolute Gasteiger partial charge is 0.478 e. The first-order valence-electron chi connectivity index (χ1n) is 6.65. The van der Waals surface area contributed by atoms with Crippen molar-refractivity contribution in [1.29, 1.82) is 0 Å². The molecule has 0 aliphatic carbocycles. The van der Waals surface area contributed by atoms with E-state index in [0.717, 1.165) is 5.69 Å². The lowest BCUT2D eigenvalue weighted by Gasteiger charge is -2.21. The van der Waals surface area contributed by atoms with Crippen LogP contribution in [0.3, 0.4) is 0 Å². The van der Waals surface area contributed by atoms with E-state index in [1.54, 1.807) is 47.6 Å². The second-order valence-corrected chi connectivity index (χ2v) is 4.48. The molecule has 0 unspecified atom stereocenters. The molecule has 5 nitrogen and oxygen atoms in total. The zero-order valence-corrected chi connectivity index (χ0v) is 11.7. The van der Waals surface area contributed by atoms with Crippen molar-refractivity contribution in [2.24, 2.45) is 0 Å². The van der Waals surface area contributed by atoms with Crippen molar-refractivity contribution in [3.63, 3.8) is 0 Å². The van der Waals surface area contributed by atoms with Crippen molar-refractivity contribution >= 4 is 17.6 Å². The molecule has 0 aliphatic rings. The first-order valence-corrected chi connectivity index (χ1v) is 6.65. The average molecular weight is 284 g/mol. The molecule has 1 amide bonds. The number of carboxylic acid groups (broad SMARTS) is 1. The Morgan fingerprint density at radius 2 is 1.81 bits per heavy atom. The van der Waals surface area contributed by atoms with Gasteiger partial charge in [0.05, 0.1) is 12.0 Å². The fourth-order valence-corrected chi connectivity index (χ4v) is 2.17. The van der Waals surface area contributed by atoms with Gasteiger partial charge in [-0.25, -0.2) is 4.79 Å². The number of carbonyl (C=O) groups is 2. The molecule has 1 heterocycles. The predicted molar refractivity (Wildman–Crippen MR) is 79.4 cm³/mol. The number of hydrogen-bond donors (Lipinski definition) is 1. The van der Waals surface area contributed by atoms with Crippen LogP contribution in [0.5, 0.6) is 0 Å². The van der Waals surface area contributed by atoms with Crippen LogP contribution in [0.2, 0.25) is 0 Å². The molecule has 1 aromatic carbocycles. The quantitative estimate of drug-likeness (QED) is 0.915. The molecule has 5 heteroatoms. The number of carboxylic acids is 1. The van der Waals surface area contributed by atoms with Crippen molar-refractivity contribution in [1.82, 2.24) is 4.98 Å². The molecule has 0 bridgehead atoms. The molecule has 0 spiro atoms. The van der Waals surface area contributed by atoms with Crippen LogP contribution >= 0.6 is 0 Å². The summed E-state index contributed by atoms with van der Waals surface area (Å²) in [6, 6.07) is 10.1. The zero-order chi connectivity index (χ0) is 15.2. The molecule has 1 aromatic heterocycles. The maximum Gasteiger partial charge on any atom is 0.335 e. The number of amides is 1. The highest BCUT2D eigenvalue weighted by molar-refractivity contribution is 5.97. The second kappa shape index (κ2) is 6.65. The zero-order valence-electron chi connectivity index (χ0n) is 11.7. The molecular weight excluding hydrogens is 268 g/mol. The van der Waals surface area contributed by atoms with Crippen molar-refractivity contribution in [2.75, 3.05) is 11.4 Å². The molecule has 0 saturated carbocycles. The summed E-state index contributed by atoms with van der Waals surface area (Å²) < 4.78 is 0. The van der Waals surface area contributed by atoms with Crippen LogP contribution in [0.15, 0.2) is 48.8 Å². The third kappa shape index (κ3) is 3.45. The molecule has 0 saturated heterocycles. The first kappa shape index (κ1) is 14.7. The Morgan fingerprint density at radius 1 is 1.14 bits per heavy atom. The Bertz CT molecular complexity index is 641. The minimum absolute atomic E-state index is 0.0542.